The summed E-state index contributed by atoms with van der Waals surface area (Å²) in [4.78, 5) is 19.9. The number of carbonyl (C=O) groups is 1. The van der Waals surface area contributed by atoms with Crippen molar-refractivity contribution in [2.45, 2.75) is 43.2 Å². The van der Waals surface area contributed by atoms with Gasteiger partial charge in [-0.3, -0.25) is 4.79 Å². The van der Waals surface area contributed by atoms with Crippen molar-refractivity contribution in [1.29, 1.82) is 0 Å². The molecule has 1 aliphatic heterocycles. The summed E-state index contributed by atoms with van der Waals surface area (Å²) in [7, 11) is -2.20. The smallest absolute Gasteiger partial charge is 0.339 e. The summed E-state index contributed by atoms with van der Waals surface area (Å²) < 4.78 is 67.4. The second-order valence-electron chi connectivity index (χ2n) is 9.69. The van der Waals surface area contributed by atoms with Gasteiger partial charge >= 0.3 is 6.18 Å². The number of sulfone groups is 1. The highest BCUT2D eigenvalue weighted by molar-refractivity contribution is 7.91. The van der Waals surface area contributed by atoms with Gasteiger partial charge in [-0.05, 0) is 43.4 Å². The van der Waals surface area contributed by atoms with E-state index < -0.39 is 39.1 Å². The average Bonchev–Trinajstić information content (AvgIpc) is 3.17. The number of rotatable bonds is 5. The van der Waals surface area contributed by atoms with E-state index in [4.69, 9.17) is 11.6 Å². The molecule has 0 bridgehead atoms. The van der Waals surface area contributed by atoms with E-state index in [1.165, 1.54) is 12.1 Å². The fourth-order valence-corrected chi connectivity index (χ4v) is 6.53. The fraction of sp³-hybridized carbons (Fsp3) is 0.458. The van der Waals surface area contributed by atoms with Gasteiger partial charge in [0.05, 0.1) is 22.8 Å². The Morgan fingerprint density at radius 1 is 1.22 bits per heavy atom. The highest BCUT2D eigenvalue weighted by Crippen LogP contribution is 2.42. The minimum absolute atomic E-state index is 0.0443. The van der Waals surface area contributed by atoms with Gasteiger partial charge in [0.15, 0.2) is 16.8 Å². The molecule has 13 heteroatoms. The number of hydrogen-bond acceptors (Lipinski definition) is 6. The van der Waals surface area contributed by atoms with Gasteiger partial charge in [0.1, 0.15) is 9.84 Å². The number of aromatic nitrogens is 3. The van der Waals surface area contributed by atoms with Crippen LogP contribution in [0.5, 0.6) is 0 Å². The van der Waals surface area contributed by atoms with E-state index in [2.05, 4.69) is 10.1 Å². The van der Waals surface area contributed by atoms with Crippen LogP contribution in [-0.2, 0) is 21.1 Å². The monoisotopic (exact) mass is 555 g/mol. The SMILES string of the molecule is CN(C(=O)C1CC(S(C)(=O)=O)C1)[C@@H](c1ccc(N2CCCc3c2cnc2cc(Cl)nn32)cc1)C(F)(F)F. The summed E-state index contributed by atoms with van der Waals surface area (Å²) in [5.74, 6) is -1.44. The van der Waals surface area contributed by atoms with Crippen LogP contribution in [0.4, 0.5) is 24.5 Å². The number of carbonyl (C=O) groups excluding carboxylic acids is 1. The van der Waals surface area contributed by atoms with Crippen LogP contribution in [0.3, 0.4) is 0 Å². The number of amides is 1. The molecule has 1 amide bonds. The van der Waals surface area contributed by atoms with E-state index >= 15 is 0 Å². The molecule has 1 aliphatic carbocycles. The lowest BCUT2D eigenvalue weighted by Gasteiger charge is -2.38. The maximum atomic E-state index is 14.1. The van der Waals surface area contributed by atoms with Gasteiger partial charge in [0, 0.05) is 37.5 Å². The number of halogens is 4. The molecule has 198 valence electrons. The summed E-state index contributed by atoms with van der Waals surface area (Å²) in [6.07, 6.45) is -0.270. The Labute approximate surface area is 216 Å². The van der Waals surface area contributed by atoms with Crippen molar-refractivity contribution in [3.8, 4) is 0 Å². The summed E-state index contributed by atoms with van der Waals surface area (Å²) in [5, 5.41) is 3.94. The largest absolute Gasteiger partial charge is 0.413 e. The van der Waals surface area contributed by atoms with Gasteiger partial charge in [-0.1, -0.05) is 23.7 Å². The molecule has 3 heterocycles. The Balaban J connectivity index is 1.40. The summed E-state index contributed by atoms with van der Waals surface area (Å²) >= 11 is 6.04. The van der Waals surface area contributed by atoms with Crippen molar-refractivity contribution >= 4 is 44.4 Å². The highest BCUT2D eigenvalue weighted by atomic mass is 35.5. The molecule has 8 nitrogen and oxygen atoms in total. The molecule has 3 aromatic rings. The Morgan fingerprint density at radius 2 is 1.89 bits per heavy atom. The van der Waals surface area contributed by atoms with Crippen molar-refractivity contribution in [2.75, 3.05) is 24.7 Å². The molecule has 0 spiro atoms. The van der Waals surface area contributed by atoms with E-state index in [1.54, 1.807) is 28.9 Å². The molecule has 0 N–H and O–H groups in total. The zero-order valence-corrected chi connectivity index (χ0v) is 21.7. The molecule has 0 radical (unpaired) electrons. The molecule has 5 rings (SSSR count). The molecule has 2 aromatic heterocycles. The third-order valence-corrected chi connectivity index (χ3v) is 9.01. The number of hydrogen-bond donors (Lipinski definition) is 0. The predicted octanol–water partition coefficient (Wildman–Crippen LogP) is 4.35. The molecule has 1 atom stereocenters. The van der Waals surface area contributed by atoms with Gasteiger partial charge < -0.3 is 9.80 Å². The summed E-state index contributed by atoms with van der Waals surface area (Å²) in [5.41, 5.74) is 2.95. The number of nitrogens with zero attached hydrogens (tertiary/aromatic N) is 5. The standard InChI is InChI=1S/C24H25ClF3N5O3S/c1-31(23(34)15-10-17(11-15)37(2,35)36)22(24(26,27)28)14-5-7-16(8-6-14)32-9-3-4-18-19(32)13-29-21-12-20(25)30-33(18)21/h5-8,12-13,15,17,22H,3-4,9-11H2,1-2H3/t15?,17?,22-/m0/s1. The maximum Gasteiger partial charge on any atom is 0.413 e. The van der Waals surface area contributed by atoms with Crippen molar-refractivity contribution in [3.05, 3.63) is 52.9 Å². The second kappa shape index (κ2) is 9.16. The van der Waals surface area contributed by atoms with Gasteiger partial charge in [0.25, 0.3) is 0 Å². The van der Waals surface area contributed by atoms with Gasteiger partial charge in [0.2, 0.25) is 5.91 Å². The zero-order chi connectivity index (χ0) is 26.7. The van der Waals surface area contributed by atoms with Crippen LogP contribution < -0.4 is 4.90 Å². The number of alkyl halides is 3. The van der Waals surface area contributed by atoms with E-state index in [0.717, 1.165) is 37.5 Å². The minimum Gasteiger partial charge on any atom is -0.339 e. The molecule has 37 heavy (non-hydrogen) atoms. The molecule has 1 fully saturated rings. The molecule has 2 aliphatic rings. The first-order valence-electron chi connectivity index (χ1n) is 11.8. The molecular formula is C24H25ClF3N5O3S. The maximum absolute atomic E-state index is 14.1. The molecular weight excluding hydrogens is 531 g/mol. The lowest BCUT2D eigenvalue weighted by molar-refractivity contribution is -0.191. The highest BCUT2D eigenvalue weighted by Gasteiger charge is 2.49. The first-order chi connectivity index (χ1) is 17.3. The second-order valence-corrected chi connectivity index (χ2v) is 12.4. The lowest BCUT2D eigenvalue weighted by Crippen LogP contribution is -2.48. The molecule has 1 aromatic carbocycles. The minimum atomic E-state index is -4.71. The van der Waals surface area contributed by atoms with Crippen LogP contribution in [-0.4, -0.2) is 65.1 Å². The average molecular weight is 556 g/mol. The van der Waals surface area contributed by atoms with E-state index in [-0.39, 0.29) is 18.4 Å². The van der Waals surface area contributed by atoms with Crippen LogP contribution in [0.15, 0.2) is 36.5 Å². The summed E-state index contributed by atoms with van der Waals surface area (Å²) in [6, 6.07) is 5.48. The third kappa shape index (κ3) is 4.76. The predicted molar refractivity (Wildman–Crippen MR) is 133 cm³/mol. The fourth-order valence-electron chi connectivity index (χ4n) is 5.20. The van der Waals surface area contributed by atoms with E-state index in [0.29, 0.717) is 27.9 Å². The van der Waals surface area contributed by atoms with Crippen molar-refractivity contribution in [2.24, 2.45) is 5.92 Å². The molecule has 1 saturated carbocycles. The van der Waals surface area contributed by atoms with Crippen molar-refractivity contribution in [3.63, 3.8) is 0 Å². The lowest BCUT2D eigenvalue weighted by atomic mass is 9.83. The quantitative estimate of drug-likeness (QED) is 0.465. The summed E-state index contributed by atoms with van der Waals surface area (Å²) in [6.45, 7) is 0.652. The number of fused-ring (bicyclic) bond motifs is 3. The van der Waals surface area contributed by atoms with Crippen LogP contribution in [0, 0.1) is 5.92 Å². The Morgan fingerprint density at radius 3 is 2.51 bits per heavy atom. The number of anilines is 2. The van der Waals surface area contributed by atoms with Crippen LogP contribution >= 0.6 is 11.6 Å². The Hall–Kier alpha value is -2.86. The van der Waals surface area contributed by atoms with Gasteiger partial charge in [-0.15, -0.1) is 0 Å². The van der Waals surface area contributed by atoms with Crippen LogP contribution in [0.1, 0.15) is 36.6 Å². The first-order valence-corrected chi connectivity index (χ1v) is 14.1. The molecule has 0 unspecified atom stereocenters. The van der Waals surface area contributed by atoms with Crippen LogP contribution in [0.25, 0.3) is 5.65 Å². The van der Waals surface area contributed by atoms with Crippen LogP contribution in [0.2, 0.25) is 5.15 Å². The number of aryl methyl sites for hydroxylation is 1. The van der Waals surface area contributed by atoms with Crippen molar-refractivity contribution < 1.29 is 26.4 Å². The van der Waals surface area contributed by atoms with Gasteiger partial charge in [-0.2, -0.15) is 18.3 Å². The topological polar surface area (TPSA) is 87.9 Å². The number of benzene rings is 1. The Bertz CT molecular complexity index is 1450. The Kier molecular flexibility index (Phi) is 6.38. The van der Waals surface area contributed by atoms with Gasteiger partial charge in [-0.25, -0.2) is 17.9 Å². The van der Waals surface area contributed by atoms with Crippen molar-refractivity contribution in [1.82, 2.24) is 19.5 Å². The molecule has 0 saturated heterocycles. The third-order valence-electron chi connectivity index (χ3n) is 7.23. The first kappa shape index (κ1) is 25.8. The van der Waals surface area contributed by atoms with E-state index in [1.807, 2.05) is 4.90 Å². The van der Waals surface area contributed by atoms with E-state index in [9.17, 15) is 26.4 Å². The zero-order valence-electron chi connectivity index (χ0n) is 20.1. The normalized spacial score (nSPS) is 20.9.